The maximum Gasteiger partial charge on any atom is 0.139 e. The van der Waals surface area contributed by atoms with Gasteiger partial charge in [0.25, 0.3) is 0 Å². The summed E-state index contributed by atoms with van der Waals surface area (Å²) < 4.78 is 16.2. The second kappa shape index (κ2) is 6.02. The Morgan fingerprint density at radius 3 is 2.86 bits per heavy atom. The Labute approximate surface area is 138 Å². The zero-order valence-corrected chi connectivity index (χ0v) is 14.4. The number of imidazole rings is 1. The second-order valence-electron chi connectivity index (χ2n) is 4.70. The molecular formula is C14H12BrClFN3S. The van der Waals surface area contributed by atoms with E-state index in [-0.39, 0.29) is 5.82 Å². The fourth-order valence-corrected chi connectivity index (χ4v) is 3.55. The van der Waals surface area contributed by atoms with Gasteiger partial charge in [-0.25, -0.2) is 14.4 Å². The van der Waals surface area contributed by atoms with E-state index in [0.717, 1.165) is 34.0 Å². The van der Waals surface area contributed by atoms with Gasteiger partial charge in [0.15, 0.2) is 0 Å². The summed E-state index contributed by atoms with van der Waals surface area (Å²) in [7, 11) is 0. The van der Waals surface area contributed by atoms with Crippen molar-refractivity contribution in [2.75, 3.05) is 0 Å². The molecule has 7 heteroatoms. The number of nitrogens with zero attached hydrogens (tertiary/aromatic N) is 3. The molecular weight excluding hydrogens is 377 g/mol. The van der Waals surface area contributed by atoms with Gasteiger partial charge < -0.3 is 4.57 Å². The maximum absolute atomic E-state index is 13.8. The standard InChI is InChI=1S/C14H12BrClFN3S/c1-8-7-21-14(18-8)2-3-20-12-5-10(17)9(15)4-11(12)19-13(20)6-16/h4-5,7H,2-3,6H2,1H3. The summed E-state index contributed by atoms with van der Waals surface area (Å²) in [4.78, 5) is 8.92. The maximum atomic E-state index is 13.8. The number of benzene rings is 1. The lowest BCUT2D eigenvalue weighted by Crippen LogP contribution is -2.05. The molecule has 0 atom stereocenters. The molecule has 1 aromatic carbocycles. The molecule has 0 unspecified atom stereocenters. The van der Waals surface area contributed by atoms with Gasteiger partial charge in [-0.15, -0.1) is 22.9 Å². The van der Waals surface area contributed by atoms with Crippen LogP contribution in [0.1, 0.15) is 16.5 Å². The molecule has 21 heavy (non-hydrogen) atoms. The Kier molecular flexibility index (Phi) is 4.28. The quantitative estimate of drug-likeness (QED) is 0.607. The van der Waals surface area contributed by atoms with Gasteiger partial charge >= 0.3 is 0 Å². The number of aromatic nitrogens is 3. The summed E-state index contributed by atoms with van der Waals surface area (Å²) in [5, 5.41) is 3.09. The van der Waals surface area contributed by atoms with E-state index >= 15 is 0 Å². The minimum Gasteiger partial charge on any atom is -0.326 e. The highest BCUT2D eigenvalue weighted by atomic mass is 79.9. The van der Waals surface area contributed by atoms with Gasteiger partial charge in [-0.05, 0) is 28.9 Å². The number of rotatable bonds is 4. The largest absolute Gasteiger partial charge is 0.326 e. The van der Waals surface area contributed by atoms with Crippen LogP contribution in [0.5, 0.6) is 0 Å². The van der Waals surface area contributed by atoms with Crippen LogP contribution in [0.3, 0.4) is 0 Å². The highest BCUT2D eigenvalue weighted by molar-refractivity contribution is 9.10. The average Bonchev–Trinajstić information content (AvgIpc) is 3.01. The number of aryl methyl sites for hydroxylation is 3. The minimum absolute atomic E-state index is 0.296. The Bertz CT molecular complexity index is 799. The van der Waals surface area contributed by atoms with Crippen LogP contribution in [0.4, 0.5) is 4.39 Å². The lowest BCUT2D eigenvalue weighted by Gasteiger charge is -2.06. The average molecular weight is 389 g/mol. The highest BCUT2D eigenvalue weighted by Crippen LogP contribution is 2.25. The molecule has 2 aromatic heterocycles. The first-order valence-corrected chi connectivity index (χ1v) is 8.60. The van der Waals surface area contributed by atoms with Crippen LogP contribution in [0, 0.1) is 12.7 Å². The normalized spacial score (nSPS) is 11.4. The van der Waals surface area contributed by atoms with Crippen molar-refractivity contribution in [3.05, 3.63) is 44.3 Å². The summed E-state index contributed by atoms with van der Waals surface area (Å²) in [6, 6.07) is 3.18. The molecule has 0 N–H and O–H groups in total. The number of fused-ring (bicyclic) bond motifs is 1. The van der Waals surface area contributed by atoms with E-state index in [1.807, 2.05) is 16.9 Å². The van der Waals surface area contributed by atoms with Crippen LogP contribution >= 0.6 is 38.9 Å². The Hall–Kier alpha value is -0.980. The summed E-state index contributed by atoms with van der Waals surface area (Å²) >= 11 is 10.8. The molecule has 3 rings (SSSR count). The molecule has 0 saturated heterocycles. The van der Waals surface area contributed by atoms with Crippen LogP contribution < -0.4 is 0 Å². The number of alkyl halides is 1. The molecule has 0 amide bonds. The Morgan fingerprint density at radius 2 is 2.19 bits per heavy atom. The summed E-state index contributed by atoms with van der Waals surface area (Å²) in [5.74, 6) is 0.748. The molecule has 2 heterocycles. The molecule has 110 valence electrons. The van der Waals surface area contributed by atoms with E-state index in [4.69, 9.17) is 11.6 Å². The van der Waals surface area contributed by atoms with Crippen molar-refractivity contribution >= 4 is 49.9 Å². The van der Waals surface area contributed by atoms with E-state index < -0.39 is 0 Å². The molecule has 0 aliphatic rings. The number of halogens is 3. The van der Waals surface area contributed by atoms with Gasteiger partial charge in [0.1, 0.15) is 11.6 Å². The van der Waals surface area contributed by atoms with Crippen LogP contribution in [-0.2, 0) is 18.8 Å². The Balaban J connectivity index is 1.97. The van der Waals surface area contributed by atoms with E-state index in [2.05, 4.69) is 25.9 Å². The fourth-order valence-electron chi connectivity index (χ4n) is 2.25. The predicted octanol–water partition coefficient (Wildman–Crippen LogP) is 4.68. The van der Waals surface area contributed by atoms with Crippen molar-refractivity contribution in [1.82, 2.24) is 14.5 Å². The number of hydrogen-bond donors (Lipinski definition) is 0. The second-order valence-corrected chi connectivity index (χ2v) is 6.77. The molecule has 0 bridgehead atoms. The summed E-state index contributed by atoms with van der Waals surface area (Å²) in [6.45, 7) is 2.66. The van der Waals surface area contributed by atoms with Crippen molar-refractivity contribution in [2.45, 2.75) is 25.8 Å². The van der Waals surface area contributed by atoms with Crippen molar-refractivity contribution in [3.8, 4) is 0 Å². The number of hydrogen-bond acceptors (Lipinski definition) is 3. The van der Waals surface area contributed by atoms with Gasteiger partial charge in [0.2, 0.25) is 0 Å². The number of thiazole rings is 1. The van der Waals surface area contributed by atoms with E-state index in [9.17, 15) is 4.39 Å². The van der Waals surface area contributed by atoms with Gasteiger partial charge in [-0.3, -0.25) is 0 Å². The zero-order valence-electron chi connectivity index (χ0n) is 11.2. The van der Waals surface area contributed by atoms with Crippen LogP contribution in [0.15, 0.2) is 22.0 Å². The minimum atomic E-state index is -0.296. The molecule has 3 aromatic rings. The summed E-state index contributed by atoms with van der Waals surface area (Å²) in [5.41, 5.74) is 2.53. The van der Waals surface area contributed by atoms with E-state index in [1.54, 1.807) is 17.4 Å². The topological polar surface area (TPSA) is 30.7 Å². The molecule has 0 radical (unpaired) electrons. The third-order valence-corrected chi connectivity index (χ3v) is 5.08. The smallest absolute Gasteiger partial charge is 0.139 e. The van der Waals surface area contributed by atoms with Gasteiger partial charge in [-0.1, -0.05) is 0 Å². The van der Waals surface area contributed by atoms with Gasteiger partial charge in [-0.2, -0.15) is 0 Å². The molecule has 0 saturated carbocycles. The zero-order chi connectivity index (χ0) is 15.0. The van der Waals surface area contributed by atoms with Crippen LogP contribution in [0.2, 0.25) is 0 Å². The van der Waals surface area contributed by atoms with Crippen molar-refractivity contribution in [2.24, 2.45) is 0 Å². The first kappa shape index (κ1) is 14.9. The molecule has 0 aliphatic heterocycles. The van der Waals surface area contributed by atoms with Crippen molar-refractivity contribution in [1.29, 1.82) is 0 Å². The van der Waals surface area contributed by atoms with Crippen LogP contribution in [0.25, 0.3) is 11.0 Å². The first-order chi connectivity index (χ1) is 10.1. The molecule has 0 aliphatic carbocycles. The third kappa shape index (κ3) is 2.98. The first-order valence-electron chi connectivity index (χ1n) is 6.39. The monoisotopic (exact) mass is 387 g/mol. The van der Waals surface area contributed by atoms with Gasteiger partial charge in [0, 0.05) is 30.1 Å². The molecule has 3 nitrogen and oxygen atoms in total. The Morgan fingerprint density at radius 1 is 1.38 bits per heavy atom. The molecule has 0 fully saturated rings. The van der Waals surface area contributed by atoms with Crippen molar-refractivity contribution in [3.63, 3.8) is 0 Å². The third-order valence-electron chi connectivity index (χ3n) is 3.20. The van der Waals surface area contributed by atoms with Crippen LogP contribution in [-0.4, -0.2) is 14.5 Å². The van der Waals surface area contributed by atoms with E-state index in [1.165, 1.54) is 6.07 Å². The van der Waals surface area contributed by atoms with Gasteiger partial charge in [0.05, 0.1) is 26.4 Å². The lowest BCUT2D eigenvalue weighted by atomic mass is 10.3. The molecule has 0 spiro atoms. The predicted molar refractivity (Wildman–Crippen MR) is 87.5 cm³/mol. The highest BCUT2D eigenvalue weighted by Gasteiger charge is 2.13. The lowest BCUT2D eigenvalue weighted by molar-refractivity contribution is 0.620. The SMILES string of the molecule is Cc1csc(CCn2c(CCl)nc3cc(Br)c(F)cc32)n1. The van der Waals surface area contributed by atoms with E-state index in [0.29, 0.717) is 16.9 Å². The van der Waals surface area contributed by atoms with Crippen molar-refractivity contribution < 1.29 is 4.39 Å². The fraction of sp³-hybridized carbons (Fsp3) is 0.286. The summed E-state index contributed by atoms with van der Waals surface area (Å²) in [6.07, 6.45) is 0.783.